The molecule has 0 aliphatic carbocycles. The second-order valence-electron chi connectivity index (χ2n) is 3.79. The molecule has 0 bridgehead atoms. The number of halogens is 1. The highest BCUT2D eigenvalue weighted by Crippen LogP contribution is 2.11. The zero-order valence-electron chi connectivity index (χ0n) is 9.24. The van der Waals surface area contributed by atoms with E-state index in [9.17, 15) is 4.79 Å². The summed E-state index contributed by atoms with van der Waals surface area (Å²) >= 11 is 3.37. The smallest absolute Gasteiger partial charge is 0.220 e. The van der Waals surface area contributed by atoms with Gasteiger partial charge in [-0.1, -0.05) is 28.1 Å². The fourth-order valence-electron chi connectivity index (χ4n) is 1.28. The lowest BCUT2D eigenvalue weighted by molar-refractivity contribution is -0.121. The third kappa shape index (κ3) is 5.28. The van der Waals surface area contributed by atoms with Crippen molar-refractivity contribution in [2.45, 2.75) is 32.4 Å². The van der Waals surface area contributed by atoms with Gasteiger partial charge in [-0.25, -0.2) is 0 Å². The van der Waals surface area contributed by atoms with Crippen molar-refractivity contribution in [2.75, 3.05) is 0 Å². The topological polar surface area (TPSA) is 49.3 Å². The Kier molecular flexibility index (Phi) is 5.49. The van der Waals surface area contributed by atoms with Gasteiger partial charge >= 0.3 is 0 Å². The first kappa shape index (κ1) is 13.2. The molecule has 1 amide bonds. The number of benzene rings is 1. The van der Waals surface area contributed by atoms with Crippen LogP contribution >= 0.6 is 15.9 Å². The average molecular weight is 286 g/mol. The van der Waals surface area contributed by atoms with Crippen LogP contribution in [0.3, 0.4) is 0 Å². The number of amides is 1. The molecule has 1 atom stereocenters. The molecule has 4 heteroatoms. The number of rotatable bonds is 5. The van der Waals surface area contributed by atoms with Crippen molar-refractivity contribution < 1.29 is 9.90 Å². The summed E-state index contributed by atoms with van der Waals surface area (Å²) in [6, 6.07) is 7.80. The monoisotopic (exact) mass is 285 g/mol. The van der Waals surface area contributed by atoms with Crippen molar-refractivity contribution in [1.82, 2.24) is 5.32 Å². The second-order valence-corrected chi connectivity index (χ2v) is 4.71. The minimum atomic E-state index is -0.420. The standard InChI is InChI=1S/C12H16BrNO2/c1-9(15)5-6-12(16)14-8-10-3-2-4-11(13)7-10/h2-4,7,9,15H,5-6,8H2,1H3,(H,14,16). The number of carbonyl (C=O) groups excluding carboxylic acids is 1. The van der Waals surface area contributed by atoms with E-state index in [1.54, 1.807) is 6.92 Å². The van der Waals surface area contributed by atoms with E-state index in [4.69, 9.17) is 5.11 Å². The van der Waals surface area contributed by atoms with Gasteiger partial charge in [0.25, 0.3) is 0 Å². The lowest BCUT2D eigenvalue weighted by Gasteiger charge is -2.06. The van der Waals surface area contributed by atoms with Crippen LogP contribution in [-0.2, 0) is 11.3 Å². The van der Waals surface area contributed by atoms with Gasteiger partial charge in [-0.15, -0.1) is 0 Å². The van der Waals surface area contributed by atoms with Crippen LogP contribution in [0.2, 0.25) is 0 Å². The summed E-state index contributed by atoms with van der Waals surface area (Å²) in [7, 11) is 0. The van der Waals surface area contributed by atoms with Gasteiger partial charge in [-0.05, 0) is 31.0 Å². The predicted molar refractivity (Wildman–Crippen MR) is 66.9 cm³/mol. The number of aliphatic hydroxyl groups is 1. The summed E-state index contributed by atoms with van der Waals surface area (Å²) in [5, 5.41) is 11.8. The zero-order valence-corrected chi connectivity index (χ0v) is 10.8. The van der Waals surface area contributed by atoms with Crippen LogP contribution in [0.25, 0.3) is 0 Å². The molecule has 3 nitrogen and oxygen atoms in total. The molecule has 0 saturated heterocycles. The molecule has 0 fully saturated rings. The Hall–Kier alpha value is -0.870. The summed E-state index contributed by atoms with van der Waals surface area (Å²) < 4.78 is 1.00. The van der Waals surface area contributed by atoms with E-state index in [-0.39, 0.29) is 5.91 Å². The third-order valence-corrected chi connectivity index (χ3v) is 2.66. The fraction of sp³-hybridized carbons (Fsp3) is 0.417. The second kappa shape index (κ2) is 6.66. The van der Waals surface area contributed by atoms with Crippen LogP contribution in [0, 0.1) is 0 Å². The molecule has 1 unspecified atom stereocenters. The number of hydrogen-bond donors (Lipinski definition) is 2. The van der Waals surface area contributed by atoms with E-state index in [2.05, 4.69) is 21.2 Å². The highest BCUT2D eigenvalue weighted by molar-refractivity contribution is 9.10. The molecule has 2 N–H and O–H groups in total. The van der Waals surface area contributed by atoms with Gasteiger partial charge in [0, 0.05) is 17.4 Å². The van der Waals surface area contributed by atoms with Crippen LogP contribution in [0.1, 0.15) is 25.3 Å². The van der Waals surface area contributed by atoms with Crippen LogP contribution < -0.4 is 5.32 Å². The number of carbonyl (C=O) groups is 1. The van der Waals surface area contributed by atoms with Crippen molar-refractivity contribution in [3.63, 3.8) is 0 Å². The van der Waals surface area contributed by atoms with Gasteiger partial charge in [-0.2, -0.15) is 0 Å². The molecule has 88 valence electrons. The molecule has 0 saturated carbocycles. The Balaban J connectivity index is 2.31. The molecular weight excluding hydrogens is 270 g/mol. The molecule has 0 radical (unpaired) electrons. The third-order valence-electron chi connectivity index (χ3n) is 2.17. The van der Waals surface area contributed by atoms with Gasteiger partial charge in [0.15, 0.2) is 0 Å². The number of nitrogens with one attached hydrogen (secondary N) is 1. The molecule has 1 rings (SSSR count). The molecule has 0 aliphatic heterocycles. The van der Waals surface area contributed by atoms with Crippen LogP contribution in [0.4, 0.5) is 0 Å². The van der Waals surface area contributed by atoms with E-state index in [0.717, 1.165) is 10.0 Å². The van der Waals surface area contributed by atoms with E-state index in [1.165, 1.54) is 0 Å². The number of hydrogen-bond acceptors (Lipinski definition) is 2. The number of aliphatic hydroxyl groups excluding tert-OH is 1. The first-order valence-corrected chi connectivity index (χ1v) is 6.06. The van der Waals surface area contributed by atoms with Gasteiger partial charge in [0.05, 0.1) is 6.10 Å². The van der Waals surface area contributed by atoms with Crippen molar-refractivity contribution >= 4 is 21.8 Å². The maximum absolute atomic E-state index is 11.4. The first-order chi connectivity index (χ1) is 7.58. The highest BCUT2D eigenvalue weighted by Gasteiger charge is 2.03. The minimum absolute atomic E-state index is 0.0270. The molecule has 0 heterocycles. The SMILES string of the molecule is CC(O)CCC(=O)NCc1cccc(Br)c1. The van der Waals surface area contributed by atoms with Crippen LogP contribution in [0.15, 0.2) is 28.7 Å². The van der Waals surface area contributed by atoms with Gasteiger partial charge in [0.2, 0.25) is 5.91 Å². The van der Waals surface area contributed by atoms with Crippen LogP contribution in [0.5, 0.6) is 0 Å². The van der Waals surface area contributed by atoms with Crippen molar-refractivity contribution in [2.24, 2.45) is 0 Å². The average Bonchev–Trinajstić information content (AvgIpc) is 2.23. The van der Waals surface area contributed by atoms with Gasteiger partial charge < -0.3 is 10.4 Å². The summed E-state index contributed by atoms with van der Waals surface area (Å²) in [5.41, 5.74) is 1.06. The summed E-state index contributed by atoms with van der Waals surface area (Å²) in [5.74, 6) is -0.0270. The summed E-state index contributed by atoms with van der Waals surface area (Å²) in [4.78, 5) is 11.4. The molecular formula is C12H16BrNO2. The summed E-state index contributed by atoms with van der Waals surface area (Å²) in [6.45, 7) is 2.21. The Morgan fingerprint density at radius 3 is 2.94 bits per heavy atom. The van der Waals surface area contributed by atoms with E-state index in [1.807, 2.05) is 24.3 Å². The van der Waals surface area contributed by atoms with Gasteiger partial charge in [-0.3, -0.25) is 4.79 Å². The molecule has 1 aromatic carbocycles. The maximum atomic E-state index is 11.4. The largest absolute Gasteiger partial charge is 0.393 e. The van der Waals surface area contributed by atoms with Gasteiger partial charge in [0.1, 0.15) is 0 Å². The minimum Gasteiger partial charge on any atom is -0.393 e. The Bertz CT molecular complexity index is 353. The van der Waals surface area contributed by atoms with E-state index < -0.39 is 6.10 Å². The molecule has 0 aliphatic rings. The normalized spacial score (nSPS) is 12.2. The lowest BCUT2D eigenvalue weighted by atomic mass is 10.2. The Morgan fingerprint density at radius 2 is 2.31 bits per heavy atom. The fourth-order valence-corrected chi connectivity index (χ4v) is 1.72. The van der Waals surface area contributed by atoms with Crippen molar-refractivity contribution in [1.29, 1.82) is 0 Å². The summed E-state index contributed by atoms with van der Waals surface area (Å²) in [6.07, 6.45) is 0.451. The predicted octanol–water partition coefficient (Wildman–Crippen LogP) is 2.23. The first-order valence-electron chi connectivity index (χ1n) is 5.27. The van der Waals surface area contributed by atoms with E-state index in [0.29, 0.717) is 19.4 Å². The highest BCUT2D eigenvalue weighted by atomic mass is 79.9. The molecule has 16 heavy (non-hydrogen) atoms. The van der Waals surface area contributed by atoms with Crippen molar-refractivity contribution in [3.05, 3.63) is 34.3 Å². The Labute approximate surface area is 104 Å². The maximum Gasteiger partial charge on any atom is 0.220 e. The molecule has 0 aromatic heterocycles. The lowest BCUT2D eigenvalue weighted by Crippen LogP contribution is -2.23. The molecule has 0 spiro atoms. The van der Waals surface area contributed by atoms with Crippen LogP contribution in [-0.4, -0.2) is 17.1 Å². The quantitative estimate of drug-likeness (QED) is 0.872. The van der Waals surface area contributed by atoms with E-state index >= 15 is 0 Å². The zero-order chi connectivity index (χ0) is 12.0. The Morgan fingerprint density at radius 1 is 1.56 bits per heavy atom. The molecule has 1 aromatic rings. The van der Waals surface area contributed by atoms with Crippen molar-refractivity contribution in [3.8, 4) is 0 Å².